The summed E-state index contributed by atoms with van der Waals surface area (Å²) in [5.74, 6) is 1.01. The summed E-state index contributed by atoms with van der Waals surface area (Å²) in [6.07, 6.45) is 2.40. The Morgan fingerprint density at radius 3 is 2.33 bits per heavy atom. The third-order valence-corrected chi connectivity index (χ3v) is 3.67. The number of nitrogens with one attached hydrogen (secondary N) is 1. The fourth-order valence-corrected chi connectivity index (χ4v) is 2.07. The number of benzene rings is 1. The summed E-state index contributed by atoms with van der Waals surface area (Å²) in [6.45, 7) is 13.3. The van der Waals surface area contributed by atoms with Gasteiger partial charge in [-0.2, -0.15) is 0 Å². The van der Waals surface area contributed by atoms with Gasteiger partial charge in [-0.05, 0) is 63.8 Å². The maximum atomic E-state index is 5.78. The van der Waals surface area contributed by atoms with Crippen LogP contribution in [-0.4, -0.2) is 26.2 Å². The molecule has 0 amide bonds. The molecule has 0 bridgehead atoms. The maximum Gasteiger partial charge on any atom is 0.119 e. The van der Waals surface area contributed by atoms with Crippen LogP contribution in [0.15, 0.2) is 18.2 Å². The number of ether oxygens (including phenoxy) is 1. The first-order valence-corrected chi connectivity index (χ1v) is 7.21. The zero-order chi connectivity index (χ0) is 13.4. The monoisotopic (exact) mass is 250 g/mol. The minimum atomic E-state index is 0.837. The van der Waals surface area contributed by atoms with E-state index in [1.807, 2.05) is 0 Å². The average Bonchev–Trinajstić information content (AvgIpc) is 2.38. The summed E-state index contributed by atoms with van der Waals surface area (Å²) in [7, 11) is 0. The normalized spacial score (nSPS) is 10.9. The fraction of sp³-hybridized carbons (Fsp3) is 0.625. The molecule has 0 aliphatic carbocycles. The van der Waals surface area contributed by atoms with Gasteiger partial charge in [-0.25, -0.2) is 0 Å². The Labute approximate surface area is 112 Å². The van der Waals surface area contributed by atoms with Gasteiger partial charge in [-0.3, -0.25) is 0 Å². The molecule has 0 atom stereocenters. The molecule has 0 aromatic heterocycles. The van der Waals surface area contributed by atoms with Gasteiger partial charge >= 0.3 is 0 Å². The van der Waals surface area contributed by atoms with Crippen LogP contribution < -0.4 is 9.64 Å². The molecule has 102 valence electrons. The van der Waals surface area contributed by atoms with Gasteiger partial charge in [0.25, 0.3) is 0 Å². The Balaban J connectivity index is 2.19. The molecular weight excluding hydrogens is 222 g/mol. The molecule has 18 heavy (non-hydrogen) atoms. The molecule has 1 aromatic carbocycles. The summed E-state index contributed by atoms with van der Waals surface area (Å²) in [5.41, 5.74) is 2.63. The summed E-state index contributed by atoms with van der Waals surface area (Å²) < 4.78 is 5.78. The van der Waals surface area contributed by atoms with Gasteiger partial charge in [0, 0.05) is 0 Å². The van der Waals surface area contributed by atoms with E-state index < -0.39 is 0 Å². The van der Waals surface area contributed by atoms with Crippen LogP contribution in [-0.2, 0) is 0 Å². The molecule has 1 aromatic rings. The Kier molecular flexibility index (Phi) is 6.81. The van der Waals surface area contributed by atoms with Crippen LogP contribution >= 0.6 is 0 Å². The van der Waals surface area contributed by atoms with Crippen molar-refractivity contribution in [3.63, 3.8) is 0 Å². The molecule has 1 rings (SSSR count). The topological polar surface area (TPSA) is 13.7 Å². The molecule has 0 radical (unpaired) electrons. The van der Waals surface area contributed by atoms with Crippen molar-refractivity contribution in [3.05, 3.63) is 29.3 Å². The van der Waals surface area contributed by atoms with E-state index in [1.165, 1.54) is 37.2 Å². The molecule has 0 unspecified atom stereocenters. The van der Waals surface area contributed by atoms with Crippen LogP contribution in [0.3, 0.4) is 0 Å². The van der Waals surface area contributed by atoms with E-state index in [0.29, 0.717) is 0 Å². The lowest BCUT2D eigenvalue weighted by atomic mass is 10.1. The van der Waals surface area contributed by atoms with Gasteiger partial charge in [0.15, 0.2) is 0 Å². The van der Waals surface area contributed by atoms with E-state index in [1.54, 1.807) is 4.90 Å². The molecule has 0 heterocycles. The van der Waals surface area contributed by atoms with Crippen molar-refractivity contribution in [2.24, 2.45) is 0 Å². The predicted octanol–water partition coefficient (Wildman–Crippen LogP) is 2.39. The van der Waals surface area contributed by atoms with Crippen molar-refractivity contribution in [1.82, 2.24) is 0 Å². The van der Waals surface area contributed by atoms with E-state index in [-0.39, 0.29) is 0 Å². The summed E-state index contributed by atoms with van der Waals surface area (Å²) >= 11 is 0. The summed E-state index contributed by atoms with van der Waals surface area (Å²) in [5, 5.41) is 0. The Morgan fingerprint density at radius 2 is 1.72 bits per heavy atom. The van der Waals surface area contributed by atoms with Crippen molar-refractivity contribution >= 4 is 0 Å². The Bertz CT molecular complexity index is 345. The van der Waals surface area contributed by atoms with Gasteiger partial charge in [0.2, 0.25) is 0 Å². The van der Waals surface area contributed by atoms with Gasteiger partial charge in [-0.1, -0.05) is 6.07 Å². The largest absolute Gasteiger partial charge is 0.494 e. The highest BCUT2D eigenvalue weighted by molar-refractivity contribution is 5.33. The number of hydrogen-bond acceptors (Lipinski definition) is 1. The van der Waals surface area contributed by atoms with E-state index >= 15 is 0 Å². The first-order chi connectivity index (χ1) is 8.67. The van der Waals surface area contributed by atoms with Crippen LogP contribution in [0.1, 0.15) is 37.8 Å². The molecule has 1 N–H and O–H groups in total. The molecule has 0 saturated carbocycles. The molecule has 0 saturated heterocycles. The number of rotatable bonds is 8. The van der Waals surface area contributed by atoms with Gasteiger partial charge in [0.05, 0.1) is 26.2 Å². The smallest absolute Gasteiger partial charge is 0.119 e. The SMILES string of the molecule is CC[NH+](CC)CCCCOc1ccc(C)c(C)c1. The van der Waals surface area contributed by atoms with Crippen LogP contribution in [0.2, 0.25) is 0 Å². The Hall–Kier alpha value is -1.02. The zero-order valence-electron chi connectivity index (χ0n) is 12.4. The molecule has 0 aliphatic heterocycles. The lowest BCUT2D eigenvalue weighted by Crippen LogP contribution is -3.11. The van der Waals surface area contributed by atoms with Crippen molar-refractivity contribution in [2.75, 3.05) is 26.2 Å². The maximum absolute atomic E-state index is 5.78. The number of quaternary nitrogens is 1. The van der Waals surface area contributed by atoms with E-state index in [9.17, 15) is 0 Å². The molecule has 2 heteroatoms. The first kappa shape index (κ1) is 15.0. The standard InChI is InChI=1S/C16H27NO/c1-5-17(6-2)11-7-8-12-18-16-10-9-14(3)15(4)13-16/h9-10,13H,5-8,11-12H2,1-4H3/p+1. The van der Waals surface area contributed by atoms with E-state index in [0.717, 1.165) is 18.8 Å². The predicted molar refractivity (Wildman–Crippen MR) is 77.6 cm³/mol. The van der Waals surface area contributed by atoms with Crippen LogP contribution in [0.4, 0.5) is 0 Å². The number of hydrogen-bond donors (Lipinski definition) is 1. The quantitative estimate of drug-likeness (QED) is 0.699. The third-order valence-electron chi connectivity index (χ3n) is 3.67. The second-order valence-corrected chi connectivity index (χ2v) is 5.01. The number of aryl methyl sites for hydroxylation is 2. The zero-order valence-corrected chi connectivity index (χ0v) is 12.4. The first-order valence-electron chi connectivity index (χ1n) is 7.21. The third kappa shape index (κ3) is 5.09. The lowest BCUT2D eigenvalue weighted by molar-refractivity contribution is -0.896. The highest BCUT2D eigenvalue weighted by atomic mass is 16.5. The summed E-state index contributed by atoms with van der Waals surface area (Å²) in [4.78, 5) is 1.68. The van der Waals surface area contributed by atoms with Crippen molar-refractivity contribution < 1.29 is 9.64 Å². The summed E-state index contributed by atoms with van der Waals surface area (Å²) in [6, 6.07) is 6.33. The molecule has 0 aliphatic rings. The molecule has 0 spiro atoms. The van der Waals surface area contributed by atoms with Crippen molar-refractivity contribution in [3.8, 4) is 5.75 Å². The molecular formula is C16H28NO+. The number of unbranched alkanes of at least 4 members (excludes halogenated alkanes) is 1. The fourth-order valence-electron chi connectivity index (χ4n) is 2.07. The highest BCUT2D eigenvalue weighted by Gasteiger charge is 2.02. The average molecular weight is 250 g/mol. The molecule has 2 nitrogen and oxygen atoms in total. The minimum Gasteiger partial charge on any atom is -0.494 e. The van der Waals surface area contributed by atoms with Crippen LogP contribution in [0.5, 0.6) is 5.75 Å². The van der Waals surface area contributed by atoms with Crippen molar-refractivity contribution in [2.45, 2.75) is 40.5 Å². The van der Waals surface area contributed by atoms with Gasteiger partial charge < -0.3 is 9.64 Å². The second kappa shape index (κ2) is 8.15. The van der Waals surface area contributed by atoms with Crippen LogP contribution in [0.25, 0.3) is 0 Å². The lowest BCUT2D eigenvalue weighted by Gasteiger charge is -2.15. The van der Waals surface area contributed by atoms with E-state index in [2.05, 4.69) is 45.9 Å². The van der Waals surface area contributed by atoms with Gasteiger partial charge in [0.1, 0.15) is 5.75 Å². The second-order valence-electron chi connectivity index (χ2n) is 5.01. The van der Waals surface area contributed by atoms with Gasteiger partial charge in [-0.15, -0.1) is 0 Å². The van der Waals surface area contributed by atoms with E-state index in [4.69, 9.17) is 4.74 Å². The molecule has 0 fully saturated rings. The minimum absolute atomic E-state index is 0.837. The van der Waals surface area contributed by atoms with Crippen LogP contribution in [0, 0.1) is 13.8 Å². The van der Waals surface area contributed by atoms with Crippen molar-refractivity contribution in [1.29, 1.82) is 0 Å². The highest BCUT2D eigenvalue weighted by Crippen LogP contribution is 2.16. The Morgan fingerprint density at radius 1 is 1.00 bits per heavy atom.